The molecule has 11 nitrogen and oxygen atoms in total. The lowest BCUT2D eigenvalue weighted by Gasteiger charge is -2.64. The van der Waals surface area contributed by atoms with Gasteiger partial charge < -0.3 is 40.7 Å². The van der Waals surface area contributed by atoms with Gasteiger partial charge in [-0.05, 0) is 50.3 Å². The standard InChI is InChI=1S/C31H45N5O6/c1-35(15-14-34-28(38)21(33)5-3-4-13-32)29(39)41-23-9-8-20-17-24-31(40)11-10-22(37)27-30(31,25(20)26(23)42-27)12-16-36(24,2)18-19-6-7-19/h8-9,19,21,24,27,40H,3-7,10-18,32-33H2,1-2H3/p+1/t21-,24?,27-,30-,31+,36?/m0/s1. The van der Waals surface area contributed by atoms with Crippen molar-refractivity contribution in [2.75, 3.05) is 46.8 Å². The molecule has 0 aromatic heterocycles. The van der Waals surface area contributed by atoms with Gasteiger partial charge in [-0.15, -0.1) is 0 Å². The van der Waals surface area contributed by atoms with Gasteiger partial charge in [-0.1, -0.05) is 12.5 Å². The number of ketones is 1. The van der Waals surface area contributed by atoms with Gasteiger partial charge in [0.1, 0.15) is 11.6 Å². The number of piperidine rings is 1. The number of unbranched alkanes of at least 4 members (excludes halogenated alkanes) is 1. The number of benzene rings is 1. The largest absolute Gasteiger partial charge is 0.477 e. The summed E-state index contributed by atoms with van der Waals surface area (Å²) in [5, 5.41) is 15.4. The fourth-order valence-corrected chi connectivity index (χ4v) is 8.39. The third kappa shape index (κ3) is 4.60. The number of nitrogens with one attached hydrogen (secondary N) is 1. The number of carbonyl (C=O) groups excluding carboxylic acids is 3. The number of hydrogen-bond acceptors (Lipinski definition) is 8. The monoisotopic (exact) mass is 584 g/mol. The highest BCUT2D eigenvalue weighted by molar-refractivity contribution is 5.90. The zero-order chi connectivity index (χ0) is 29.9. The number of Topliss-reactive ketones (excluding diaryl/α,β-unsaturated/α-hetero) is 1. The highest BCUT2D eigenvalue weighted by atomic mass is 16.6. The van der Waals surface area contributed by atoms with Crippen molar-refractivity contribution >= 4 is 17.8 Å². The highest BCUT2D eigenvalue weighted by Gasteiger charge is 2.76. The lowest BCUT2D eigenvalue weighted by atomic mass is 9.48. The summed E-state index contributed by atoms with van der Waals surface area (Å²) in [5.74, 6) is 1.14. The first-order chi connectivity index (χ1) is 20.0. The number of likely N-dealkylation sites (tertiary alicyclic amines) is 1. The number of likely N-dealkylation sites (N-methyl/N-ethyl adjacent to an activating group) is 2. The number of aliphatic hydroxyl groups is 1. The van der Waals surface area contributed by atoms with E-state index in [0.717, 1.165) is 47.5 Å². The van der Waals surface area contributed by atoms with E-state index < -0.39 is 29.3 Å². The number of carbonyl (C=O) groups is 3. The summed E-state index contributed by atoms with van der Waals surface area (Å²) in [6.07, 6.45) is 5.38. The fraction of sp³-hybridized carbons (Fsp3) is 0.710. The molecule has 2 heterocycles. The maximum absolute atomic E-state index is 13.3. The Labute approximate surface area is 247 Å². The molecule has 3 fully saturated rings. The number of nitrogens with two attached hydrogens (primary N) is 2. The van der Waals surface area contributed by atoms with Crippen LogP contribution < -0.4 is 26.3 Å². The van der Waals surface area contributed by atoms with Crippen LogP contribution in [0.2, 0.25) is 0 Å². The van der Waals surface area contributed by atoms with Gasteiger partial charge in [-0.3, -0.25) is 9.59 Å². The van der Waals surface area contributed by atoms with Crippen molar-refractivity contribution in [2.45, 2.75) is 87.0 Å². The molecule has 2 unspecified atom stereocenters. The lowest BCUT2D eigenvalue weighted by molar-refractivity contribution is -0.950. The zero-order valence-electron chi connectivity index (χ0n) is 24.9. The quantitative estimate of drug-likeness (QED) is 0.221. The number of nitrogens with zero attached hydrogens (tertiary/aromatic N) is 2. The van der Waals surface area contributed by atoms with Gasteiger partial charge in [0.25, 0.3) is 0 Å². The summed E-state index contributed by atoms with van der Waals surface area (Å²) in [6, 6.07) is 3.12. The molecule has 6 N–H and O–H groups in total. The molecule has 1 saturated heterocycles. The first-order valence-electron chi connectivity index (χ1n) is 15.6. The van der Waals surface area contributed by atoms with Crippen molar-refractivity contribution in [1.29, 1.82) is 0 Å². The molecule has 230 valence electrons. The third-order valence-electron chi connectivity index (χ3n) is 10.8. The summed E-state index contributed by atoms with van der Waals surface area (Å²) in [4.78, 5) is 40.1. The van der Waals surface area contributed by atoms with Gasteiger partial charge in [0, 0.05) is 50.9 Å². The van der Waals surface area contributed by atoms with Crippen molar-refractivity contribution in [3.05, 3.63) is 23.3 Å². The summed E-state index contributed by atoms with van der Waals surface area (Å²) in [5.41, 5.74) is 11.5. The molecule has 6 rings (SSSR count). The summed E-state index contributed by atoms with van der Waals surface area (Å²) in [6.45, 7) is 2.97. The molecule has 1 aromatic carbocycles. The normalized spacial score (nSPS) is 32.9. The molecule has 2 amide bonds. The highest BCUT2D eigenvalue weighted by Crippen LogP contribution is 2.66. The van der Waals surface area contributed by atoms with Gasteiger partial charge in [-0.2, -0.15) is 0 Å². The molecule has 42 heavy (non-hydrogen) atoms. The molecule has 1 spiro atoms. The Morgan fingerprint density at radius 3 is 2.81 bits per heavy atom. The predicted molar refractivity (Wildman–Crippen MR) is 155 cm³/mol. The van der Waals surface area contributed by atoms with E-state index in [1.165, 1.54) is 17.7 Å². The molecule has 2 aliphatic heterocycles. The van der Waals surface area contributed by atoms with Crippen LogP contribution >= 0.6 is 0 Å². The minimum absolute atomic E-state index is 0.00646. The zero-order valence-corrected chi connectivity index (χ0v) is 24.9. The Hall–Kier alpha value is -2.73. The van der Waals surface area contributed by atoms with Crippen LogP contribution in [-0.4, -0.2) is 103 Å². The topological polar surface area (TPSA) is 157 Å². The first kappa shape index (κ1) is 29.3. The van der Waals surface area contributed by atoms with E-state index in [-0.39, 0.29) is 43.0 Å². The second kappa shape index (κ2) is 10.8. The Morgan fingerprint density at radius 1 is 1.29 bits per heavy atom. The van der Waals surface area contributed by atoms with E-state index in [2.05, 4.69) is 12.4 Å². The Morgan fingerprint density at radius 2 is 2.07 bits per heavy atom. The maximum atomic E-state index is 13.3. The number of quaternary nitrogens is 1. The first-order valence-corrected chi connectivity index (χ1v) is 15.6. The van der Waals surface area contributed by atoms with Crippen molar-refractivity contribution < 1.29 is 33.4 Å². The second-order valence-corrected chi connectivity index (χ2v) is 13.6. The Bertz CT molecular complexity index is 1270. The van der Waals surface area contributed by atoms with Crippen LogP contribution in [0.3, 0.4) is 0 Å². The van der Waals surface area contributed by atoms with Crippen LogP contribution in [0.15, 0.2) is 12.1 Å². The average Bonchev–Trinajstić information content (AvgIpc) is 3.69. The molecule has 3 aliphatic carbocycles. The van der Waals surface area contributed by atoms with Crippen molar-refractivity contribution in [1.82, 2.24) is 10.2 Å². The summed E-state index contributed by atoms with van der Waals surface area (Å²) in [7, 11) is 3.88. The number of ether oxygens (including phenoxy) is 2. The molecule has 0 radical (unpaired) electrons. The van der Waals surface area contributed by atoms with E-state index >= 15 is 0 Å². The van der Waals surface area contributed by atoms with Crippen LogP contribution in [-0.2, 0) is 21.4 Å². The molecule has 2 bridgehead atoms. The Kier molecular flexibility index (Phi) is 7.52. The molecule has 5 aliphatic rings. The van der Waals surface area contributed by atoms with E-state index in [1.54, 1.807) is 13.1 Å². The number of hydrogen-bond donors (Lipinski definition) is 4. The minimum atomic E-state index is -1.06. The fourth-order valence-electron chi connectivity index (χ4n) is 8.39. The average molecular weight is 585 g/mol. The molecular formula is C31H46N5O6+. The molecule has 6 atom stereocenters. The number of amides is 2. The van der Waals surface area contributed by atoms with Crippen molar-refractivity contribution in [2.24, 2.45) is 17.4 Å². The van der Waals surface area contributed by atoms with E-state index in [0.29, 0.717) is 38.0 Å². The van der Waals surface area contributed by atoms with E-state index in [9.17, 15) is 19.5 Å². The third-order valence-corrected chi connectivity index (χ3v) is 10.8. The maximum Gasteiger partial charge on any atom is 0.415 e. The molecule has 2 saturated carbocycles. The molecule has 11 heteroatoms. The van der Waals surface area contributed by atoms with Crippen LogP contribution in [0.4, 0.5) is 4.79 Å². The lowest BCUT2D eigenvalue weighted by Crippen LogP contribution is -2.80. The van der Waals surface area contributed by atoms with E-state index in [1.807, 2.05) is 6.07 Å². The molecular weight excluding hydrogens is 538 g/mol. The van der Waals surface area contributed by atoms with Gasteiger partial charge in [0.05, 0.1) is 31.6 Å². The number of rotatable bonds is 11. The van der Waals surface area contributed by atoms with Crippen LogP contribution in [0.1, 0.15) is 62.5 Å². The summed E-state index contributed by atoms with van der Waals surface area (Å²) >= 11 is 0. The van der Waals surface area contributed by atoms with Crippen molar-refractivity contribution in [3.8, 4) is 11.5 Å². The predicted octanol–water partition coefficient (Wildman–Crippen LogP) is 0.968. The van der Waals surface area contributed by atoms with Crippen molar-refractivity contribution in [3.63, 3.8) is 0 Å². The SMILES string of the molecule is CN(CCNC(=O)[C@@H](N)CCCCN)C(=O)Oc1ccc2c3c1O[C@H]1C(=O)CC[C@@]4(O)C(C2)[N+](C)(CC2CC2)CC[C@]314. The van der Waals surface area contributed by atoms with Gasteiger partial charge in [0.2, 0.25) is 5.91 Å². The van der Waals surface area contributed by atoms with Crippen LogP contribution in [0, 0.1) is 5.92 Å². The minimum Gasteiger partial charge on any atom is -0.477 e. The van der Waals surface area contributed by atoms with Gasteiger partial charge in [0.15, 0.2) is 23.4 Å². The smallest absolute Gasteiger partial charge is 0.415 e. The van der Waals surface area contributed by atoms with Gasteiger partial charge in [-0.25, -0.2) is 4.79 Å². The van der Waals surface area contributed by atoms with E-state index in [4.69, 9.17) is 20.9 Å². The Balaban J connectivity index is 1.19. The summed E-state index contributed by atoms with van der Waals surface area (Å²) < 4.78 is 13.1. The molecule has 1 aromatic rings. The van der Waals surface area contributed by atoms with Crippen LogP contribution in [0.5, 0.6) is 11.5 Å². The second-order valence-electron chi connectivity index (χ2n) is 13.6. The van der Waals surface area contributed by atoms with Gasteiger partial charge >= 0.3 is 6.09 Å². The van der Waals surface area contributed by atoms with Crippen LogP contribution in [0.25, 0.3) is 0 Å².